The van der Waals surface area contributed by atoms with Crippen LogP contribution in [0.2, 0.25) is 0 Å². The molecular weight excluding hydrogens is 156 g/mol. The topological polar surface area (TPSA) is 61.4 Å². The molecule has 3 N–H and O–H groups in total. The van der Waals surface area contributed by atoms with Crippen LogP contribution in [-0.2, 0) is 4.79 Å². The number of amides is 1. The molecule has 0 bridgehead atoms. The molecule has 0 aliphatic carbocycles. The zero-order chi connectivity index (χ0) is 9.56. The molecule has 2 atom stereocenters. The quantitative estimate of drug-likeness (QED) is 0.525. The van der Waals surface area contributed by atoms with E-state index in [0.717, 1.165) is 12.8 Å². The molecule has 4 nitrogen and oxygen atoms in total. The third-order valence-corrected chi connectivity index (χ3v) is 1.87. The van der Waals surface area contributed by atoms with Crippen molar-refractivity contribution in [2.75, 3.05) is 14.1 Å². The minimum atomic E-state index is -0.944. The van der Waals surface area contributed by atoms with Crippen molar-refractivity contribution < 1.29 is 9.90 Å². The van der Waals surface area contributed by atoms with Gasteiger partial charge in [-0.15, -0.1) is 0 Å². The van der Waals surface area contributed by atoms with Crippen LogP contribution in [0.5, 0.6) is 0 Å². The Labute approximate surface area is 73.3 Å². The summed E-state index contributed by atoms with van der Waals surface area (Å²) in [6.07, 6.45) is 0.796. The van der Waals surface area contributed by atoms with Crippen molar-refractivity contribution in [1.29, 1.82) is 0 Å². The molecule has 0 radical (unpaired) electrons. The van der Waals surface area contributed by atoms with Crippen molar-refractivity contribution in [3.63, 3.8) is 0 Å². The van der Waals surface area contributed by atoms with Gasteiger partial charge in [0.2, 0.25) is 5.91 Å². The zero-order valence-corrected chi connectivity index (χ0v) is 7.92. The maximum absolute atomic E-state index is 11.0. The summed E-state index contributed by atoms with van der Waals surface area (Å²) in [6.45, 7) is 2.01. The highest BCUT2D eigenvalue weighted by atomic mass is 16.3. The summed E-state index contributed by atoms with van der Waals surface area (Å²) in [5, 5.41) is 14.8. The zero-order valence-electron chi connectivity index (χ0n) is 7.92. The molecule has 0 aromatic heterocycles. The minimum Gasteiger partial charge on any atom is -0.382 e. The van der Waals surface area contributed by atoms with Gasteiger partial charge in [0.1, 0.15) is 6.10 Å². The third-order valence-electron chi connectivity index (χ3n) is 1.87. The maximum Gasteiger partial charge on any atom is 0.250 e. The number of aliphatic hydroxyl groups excluding tert-OH is 1. The molecule has 72 valence electrons. The average Bonchev–Trinajstić information content (AvgIpc) is 2.11. The summed E-state index contributed by atoms with van der Waals surface area (Å²) < 4.78 is 0. The Morgan fingerprint density at radius 1 is 1.50 bits per heavy atom. The lowest BCUT2D eigenvalue weighted by molar-refractivity contribution is -0.130. The Morgan fingerprint density at radius 3 is 2.42 bits per heavy atom. The molecule has 0 rings (SSSR count). The van der Waals surface area contributed by atoms with Crippen LogP contribution in [0.4, 0.5) is 0 Å². The van der Waals surface area contributed by atoms with Crippen LogP contribution in [0.15, 0.2) is 0 Å². The average molecular weight is 174 g/mol. The van der Waals surface area contributed by atoms with E-state index in [1.165, 1.54) is 7.05 Å². The smallest absolute Gasteiger partial charge is 0.250 e. The van der Waals surface area contributed by atoms with Gasteiger partial charge in [0, 0.05) is 13.1 Å². The second-order valence-corrected chi connectivity index (χ2v) is 2.74. The SMILES string of the molecule is CCCC(NC)C(O)C(=O)NC. The van der Waals surface area contributed by atoms with E-state index < -0.39 is 6.10 Å². The lowest BCUT2D eigenvalue weighted by Gasteiger charge is -2.20. The number of carbonyl (C=O) groups excluding carboxylic acids is 1. The first-order chi connectivity index (χ1) is 5.67. The fourth-order valence-electron chi connectivity index (χ4n) is 1.10. The molecule has 12 heavy (non-hydrogen) atoms. The summed E-state index contributed by atoms with van der Waals surface area (Å²) in [5.74, 6) is -0.331. The lowest BCUT2D eigenvalue weighted by atomic mass is 10.1. The highest BCUT2D eigenvalue weighted by Crippen LogP contribution is 2.01. The van der Waals surface area contributed by atoms with Crippen molar-refractivity contribution >= 4 is 5.91 Å². The molecule has 0 aliphatic rings. The van der Waals surface area contributed by atoms with Gasteiger partial charge < -0.3 is 15.7 Å². The summed E-state index contributed by atoms with van der Waals surface area (Å²) >= 11 is 0. The monoisotopic (exact) mass is 174 g/mol. The number of hydrogen-bond acceptors (Lipinski definition) is 3. The second kappa shape index (κ2) is 5.97. The number of likely N-dealkylation sites (N-methyl/N-ethyl adjacent to an activating group) is 2. The maximum atomic E-state index is 11.0. The van der Waals surface area contributed by atoms with E-state index in [1.54, 1.807) is 7.05 Å². The summed E-state index contributed by atoms with van der Waals surface area (Å²) in [6, 6.07) is -0.144. The van der Waals surface area contributed by atoms with E-state index in [9.17, 15) is 9.90 Å². The van der Waals surface area contributed by atoms with Crippen LogP contribution in [0.25, 0.3) is 0 Å². The molecule has 0 heterocycles. The standard InChI is InChI=1S/C8H18N2O2/c1-4-5-6(9-2)7(11)8(12)10-3/h6-7,9,11H,4-5H2,1-3H3,(H,10,12). The van der Waals surface area contributed by atoms with Gasteiger partial charge in [0.15, 0.2) is 0 Å². The van der Waals surface area contributed by atoms with Gasteiger partial charge in [0.25, 0.3) is 0 Å². The molecule has 0 saturated carbocycles. The molecule has 1 amide bonds. The molecule has 0 aromatic carbocycles. The van der Waals surface area contributed by atoms with E-state index in [4.69, 9.17) is 0 Å². The van der Waals surface area contributed by atoms with Crippen molar-refractivity contribution in [3.8, 4) is 0 Å². The van der Waals surface area contributed by atoms with Gasteiger partial charge >= 0.3 is 0 Å². The summed E-state index contributed by atoms with van der Waals surface area (Å²) in [4.78, 5) is 11.0. The van der Waals surface area contributed by atoms with Gasteiger partial charge in [-0.1, -0.05) is 13.3 Å². The van der Waals surface area contributed by atoms with Crippen molar-refractivity contribution in [1.82, 2.24) is 10.6 Å². The molecule has 0 aliphatic heterocycles. The molecule has 0 aromatic rings. The van der Waals surface area contributed by atoms with Gasteiger partial charge in [-0.25, -0.2) is 0 Å². The van der Waals surface area contributed by atoms with Crippen LogP contribution >= 0.6 is 0 Å². The van der Waals surface area contributed by atoms with Gasteiger partial charge in [-0.3, -0.25) is 4.79 Å². The summed E-state index contributed by atoms with van der Waals surface area (Å²) in [5.41, 5.74) is 0. The number of carbonyl (C=O) groups is 1. The minimum absolute atomic E-state index is 0.144. The van der Waals surface area contributed by atoms with E-state index in [-0.39, 0.29) is 11.9 Å². The van der Waals surface area contributed by atoms with Gasteiger partial charge in [-0.05, 0) is 13.5 Å². The lowest BCUT2D eigenvalue weighted by Crippen LogP contribution is -2.46. The first kappa shape index (κ1) is 11.4. The Morgan fingerprint density at radius 2 is 2.08 bits per heavy atom. The Bertz CT molecular complexity index is 139. The van der Waals surface area contributed by atoms with Crippen molar-refractivity contribution in [2.24, 2.45) is 0 Å². The van der Waals surface area contributed by atoms with E-state index in [2.05, 4.69) is 10.6 Å². The van der Waals surface area contributed by atoms with Gasteiger partial charge in [-0.2, -0.15) is 0 Å². The number of nitrogens with one attached hydrogen (secondary N) is 2. The van der Waals surface area contributed by atoms with Crippen LogP contribution in [-0.4, -0.2) is 37.3 Å². The molecule has 0 fully saturated rings. The molecule has 4 heteroatoms. The van der Waals surface area contributed by atoms with Crippen LogP contribution in [0.1, 0.15) is 19.8 Å². The Kier molecular flexibility index (Phi) is 5.66. The van der Waals surface area contributed by atoms with Crippen LogP contribution < -0.4 is 10.6 Å². The summed E-state index contributed by atoms with van der Waals surface area (Å²) in [7, 11) is 3.26. The number of aliphatic hydroxyl groups is 1. The highest BCUT2D eigenvalue weighted by Gasteiger charge is 2.22. The number of rotatable bonds is 5. The Hall–Kier alpha value is -0.610. The number of hydrogen-bond donors (Lipinski definition) is 3. The normalized spacial score (nSPS) is 15.3. The van der Waals surface area contributed by atoms with E-state index >= 15 is 0 Å². The predicted molar refractivity (Wildman–Crippen MR) is 47.8 cm³/mol. The predicted octanol–water partition coefficient (Wildman–Crippen LogP) is -0.519. The van der Waals surface area contributed by atoms with Gasteiger partial charge in [0.05, 0.1) is 0 Å². The largest absolute Gasteiger partial charge is 0.382 e. The van der Waals surface area contributed by atoms with Crippen molar-refractivity contribution in [3.05, 3.63) is 0 Å². The van der Waals surface area contributed by atoms with Crippen LogP contribution in [0, 0.1) is 0 Å². The van der Waals surface area contributed by atoms with Crippen LogP contribution in [0.3, 0.4) is 0 Å². The second-order valence-electron chi connectivity index (χ2n) is 2.74. The Balaban J connectivity index is 4.00. The fourth-order valence-corrected chi connectivity index (χ4v) is 1.10. The fraction of sp³-hybridized carbons (Fsp3) is 0.875. The molecular formula is C8H18N2O2. The third kappa shape index (κ3) is 3.19. The van der Waals surface area contributed by atoms with Crippen molar-refractivity contribution in [2.45, 2.75) is 31.9 Å². The highest BCUT2D eigenvalue weighted by molar-refractivity contribution is 5.80. The van der Waals surface area contributed by atoms with E-state index in [0.29, 0.717) is 0 Å². The molecule has 0 saturated heterocycles. The molecule has 0 spiro atoms. The first-order valence-corrected chi connectivity index (χ1v) is 4.24. The first-order valence-electron chi connectivity index (χ1n) is 4.24. The molecule has 2 unspecified atom stereocenters. The van der Waals surface area contributed by atoms with E-state index in [1.807, 2.05) is 6.92 Å².